The van der Waals surface area contributed by atoms with Gasteiger partial charge < -0.3 is 14.8 Å². The molecule has 2 aromatic heterocycles. The molecular formula is C18H25N4S+. The van der Waals surface area contributed by atoms with Crippen LogP contribution >= 0.6 is 11.3 Å². The van der Waals surface area contributed by atoms with Gasteiger partial charge in [0.2, 0.25) is 5.95 Å². The molecule has 0 radical (unpaired) electrons. The fourth-order valence-electron chi connectivity index (χ4n) is 2.89. The first-order valence-electron chi connectivity index (χ1n) is 8.37. The molecule has 122 valence electrons. The summed E-state index contributed by atoms with van der Waals surface area (Å²) in [7, 11) is 0. The summed E-state index contributed by atoms with van der Waals surface area (Å²) in [5.41, 5.74) is 2.28. The predicted molar refractivity (Wildman–Crippen MR) is 98.3 cm³/mol. The Kier molecular flexibility index (Phi) is 5.31. The normalized spacial score (nSPS) is 11.4. The number of hydrogen-bond donors (Lipinski definition) is 2. The van der Waals surface area contributed by atoms with Gasteiger partial charge in [0, 0.05) is 4.88 Å². The van der Waals surface area contributed by atoms with Crippen molar-refractivity contribution in [1.82, 2.24) is 9.55 Å². The van der Waals surface area contributed by atoms with Crippen LogP contribution in [0.1, 0.15) is 18.7 Å². The van der Waals surface area contributed by atoms with E-state index < -0.39 is 0 Å². The van der Waals surface area contributed by atoms with E-state index in [4.69, 9.17) is 4.98 Å². The minimum Gasteiger partial charge on any atom is -0.351 e. The van der Waals surface area contributed by atoms with Crippen molar-refractivity contribution in [2.24, 2.45) is 0 Å². The first kappa shape index (κ1) is 16.0. The number of anilines is 1. The number of nitrogens with one attached hydrogen (secondary N) is 2. The fraction of sp³-hybridized carbons (Fsp3) is 0.389. The maximum Gasteiger partial charge on any atom is 0.204 e. The van der Waals surface area contributed by atoms with Gasteiger partial charge in [-0.3, -0.25) is 0 Å². The minimum atomic E-state index is 0.832. The number of para-hydroxylation sites is 2. The molecule has 23 heavy (non-hydrogen) atoms. The zero-order valence-electron chi connectivity index (χ0n) is 13.9. The summed E-state index contributed by atoms with van der Waals surface area (Å²) in [5, 5.41) is 5.63. The predicted octanol–water partition coefficient (Wildman–Crippen LogP) is 2.63. The number of thiophene rings is 1. The molecule has 4 nitrogen and oxygen atoms in total. The van der Waals surface area contributed by atoms with Crippen molar-refractivity contribution in [3.63, 3.8) is 0 Å². The molecule has 2 heterocycles. The summed E-state index contributed by atoms with van der Waals surface area (Å²) >= 11 is 1.78. The summed E-state index contributed by atoms with van der Waals surface area (Å²) in [6.45, 7) is 9.79. The Morgan fingerprint density at radius 2 is 1.96 bits per heavy atom. The average molecular weight is 329 g/mol. The Balaban J connectivity index is 1.82. The van der Waals surface area contributed by atoms with Gasteiger partial charge in [-0.05, 0) is 37.4 Å². The lowest BCUT2D eigenvalue weighted by Gasteiger charge is -2.17. The number of nitrogens with zero attached hydrogens (tertiary/aromatic N) is 2. The standard InChI is InChI=1S/C18H24N4S/c1-3-21(4-2)11-12-22-17-10-6-5-9-16(17)20-18(22)19-14-15-8-7-13-23-15/h5-10,13H,3-4,11-12,14H2,1-2H3,(H,19,20)/p+1. The zero-order chi connectivity index (χ0) is 16.1. The largest absolute Gasteiger partial charge is 0.351 e. The van der Waals surface area contributed by atoms with Gasteiger partial charge in [0.25, 0.3) is 0 Å². The molecule has 0 aliphatic heterocycles. The van der Waals surface area contributed by atoms with E-state index in [1.165, 1.54) is 23.5 Å². The second kappa shape index (κ2) is 7.62. The topological polar surface area (TPSA) is 34.3 Å². The highest BCUT2D eigenvalue weighted by atomic mass is 32.1. The van der Waals surface area contributed by atoms with E-state index >= 15 is 0 Å². The summed E-state index contributed by atoms with van der Waals surface area (Å²) < 4.78 is 2.33. The number of likely N-dealkylation sites (N-methyl/N-ethyl adjacent to an activating group) is 1. The summed E-state index contributed by atoms with van der Waals surface area (Å²) in [6, 6.07) is 12.6. The Bertz CT molecular complexity index is 729. The monoisotopic (exact) mass is 329 g/mol. The lowest BCUT2D eigenvalue weighted by Crippen LogP contribution is -3.11. The highest BCUT2D eigenvalue weighted by molar-refractivity contribution is 7.09. The molecule has 3 rings (SSSR count). The molecule has 0 amide bonds. The van der Waals surface area contributed by atoms with Gasteiger partial charge in [-0.25, -0.2) is 4.98 Å². The minimum absolute atomic E-state index is 0.832. The molecule has 0 aliphatic carbocycles. The lowest BCUT2D eigenvalue weighted by molar-refractivity contribution is -0.897. The van der Waals surface area contributed by atoms with Crippen molar-refractivity contribution >= 4 is 28.3 Å². The fourth-order valence-corrected chi connectivity index (χ4v) is 3.53. The van der Waals surface area contributed by atoms with Crippen LogP contribution in [-0.2, 0) is 13.1 Å². The van der Waals surface area contributed by atoms with Crippen molar-refractivity contribution in [2.75, 3.05) is 25.0 Å². The summed E-state index contributed by atoms with van der Waals surface area (Å²) in [5.74, 6) is 0.978. The number of aromatic nitrogens is 2. The van der Waals surface area contributed by atoms with Gasteiger partial charge in [0.15, 0.2) is 0 Å². The lowest BCUT2D eigenvalue weighted by atomic mass is 10.3. The third kappa shape index (κ3) is 3.74. The van der Waals surface area contributed by atoms with Crippen molar-refractivity contribution in [1.29, 1.82) is 0 Å². The van der Waals surface area contributed by atoms with Gasteiger partial charge in [0.05, 0.1) is 43.8 Å². The van der Waals surface area contributed by atoms with Crippen molar-refractivity contribution < 1.29 is 4.90 Å². The van der Waals surface area contributed by atoms with Gasteiger partial charge in [-0.2, -0.15) is 0 Å². The van der Waals surface area contributed by atoms with Crippen LogP contribution in [-0.4, -0.2) is 29.2 Å². The highest BCUT2D eigenvalue weighted by Gasteiger charge is 2.12. The zero-order valence-corrected chi connectivity index (χ0v) is 14.7. The van der Waals surface area contributed by atoms with Crippen LogP contribution in [0.2, 0.25) is 0 Å². The van der Waals surface area contributed by atoms with Crippen molar-refractivity contribution in [3.8, 4) is 0 Å². The quantitative estimate of drug-likeness (QED) is 0.666. The molecule has 0 aliphatic rings. The highest BCUT2D eigenvalue weighted by Crippen LogP contribution is 2.20. The molecule has 0 atom stereocenters. The average Bonchev–Trinajstić information content (AvgIpc) is 3.21. The van der Waals surface area contributed by atoms with Gasteiger partial charge >= 0.3 is 0 Å². The molecule has 1 aromatic carbocycles. The van der Waals surface area contributed by atoms with Gasteiger partial charge in [0.1, 0.15) is 0 Å². The molecule has 0 bridgehead atoms. The second-order valence-corrected chi connectivity index (χ2v) is 6.75. The Labute approximate surface area is 141 Å². The number of quaternary nitrogens is 1. The van der Waals surface area contributed by atoms with E-state index in [-0.39, 0.29) is 0 Å². The third-order valence-corrected chi connectivity index (χ3v) is 5.22. The number of imidazole rings is 1. The second-order valence-electron chi connectivity index (χ2n) is 5.72. The van der Waals surface area contributed by atoms with E-state index in [9.17, 15) is 0 Å². The maximum absolute atomic E-state index is 4.79. The summed E-state index contributed by atoms with van der Waals surface area (Å²) in [4.78, 5) is 7.74. The number of rotatable bonds is 8. The number of fused-ring (bicyclic) bond motifs is 1. The Hall–Kier alpha value is -1.85. The molecule has 0 saturated heterocycles. The molecule has 0 saturated carbocycles. The van der Waals surface area contributed by atoms with Crippen LogP contribution in [0.15, 0.2) is 41.8 Å². The number of benzene rings is 1. The summed E-state index contributed by atoms with van der Waals surface area (Å²) in [6.07, 6.45) is 0. The molecule has 0 spiro atoms. The van der Waals surface area contributed by atoms with E-state index in [1.807, 2.05) is 0 Å². The van der Waals surface area contributed by atoms with Crippen LogP contribution in [0.4, 0.5) is 5.95 Å². The van der Waals surface area contributed by atoms with Crippen LogP contribution in [0.25, 0.3) is 11.0 Å². The third-order valence-electron chi connectivity index (χ3n) is 4.34. The molecule has 0 unspecified atom stereocenters. The van der Waals surface area contributed by atoms with Crippen LogP contribution in [0.5, 0.6) is 0 Å². The Morgan fingerprint density at radius 3 is 2.70 bits per heavy atom. The van der Waals surface area contributed by atoms with E-state index in [0.717, 1.165) is 31.1 Å². The van der Waals surface area contributed by atoms with Crippen LogP contribution in [0, 0.1) is 0 Å². The van der Waals surface area contributed by atoms with Crippen LogP contribution in [0.3, 0.4) is 0 Å². The van der Waals surface area contributed by atoms with E-state index in [0.29, 0.717) is 0 Å². The first-order valence-corrected chi connectivity index (χ1v) is 9.24. The molecular weight excluding hydrogens is 304 g/mol. The first-order chi connectivity index (χ1) is 11.3. The molecule has 5 heteroatoms. The van der Waals surface area contributed by atoms with Gasteiger partial charge in [-0.15, -0.1) is 11.3 Å². The van der Waals surface area contributed by atoms with Crippen molar-refractivity contribution in [3.05, 3.63) is 46.7 Å². The van der Waals surface area contributed by atoms with Crippen LogP contribution < -0.4 is 10.2 Å². The van der Waals surface area contributed by atoms with E-state index in [1.54, 1.807) is 16.2 Å². The van der Waals surface area contributed by atoms with E-state index in [2.05, 4.69) is 65.5 Å². The smallest absolute Gasteiger partial charge is 0.204 e. The SMILES string of the molecule is CC[NH+](CC)CCn1c(NCc2cccs2)nc2ccccc21. The molecule has 3 aromatic rings. The molecule has 2 N–H and O–H groups in total. The van der Waals surface area contributed by atoms with Crippen molar-refractivity contribution in [2.45, 2.75) is 26.9 Å². The maximum atomic E-state index is 4.79. The molecule has 0 fully saturated rings. The number of hydrogen-bond acceptors (Lipinski definition) is 3. The van der Waals surface area contributed by atoms with Gasteiger partial charge in [-0.1, -0.05) is 18.2 Å². The Morgan fingerprint density at radius 1 is 1.13 bits per heavy atom.